The lowest BCUT2D eigenvalue weighted by molar-refractivity contribution is -0.143. The molecule has 8 bridgehead atoms. The van der Waals surface area contributed by atoms with E-state index >= 15 is 0 Å². The molecular weight excluding hydrogens is 749 g/mol. The van der Waals surface area contributed by atoms with Gasteiger partial charge in [0.15, 0.2) is 0 Å². The van der Waals surface area contributed by atoms with Gasteiger partial charge in [0, 0.05) is 57.2 Å². The zero-order valence-electron chi connectivity index (χ0n) is 38.5. The minimum atomic E-state index is -1.16. The van der Waals surface area contributed by atoms with Gasteiger partial charge in [-0.15, -0.1) is 0 Å². The monoisotopic (exact) mass is 823 g/mol. The fraction of sp³-hybridized carbons (Fsp3) is 0.608. The molecule has 9 nitrogen and oxygen atoms in total. The second-order valence-corrected chi connectivity index (χ2v) is 18.6. The number of carbonyl (C=O) groups is 2. The van der Waals surface area contributed by atoms with E-state index in [4.69, 9.17) is 9.47 Å². The number of aromatic amines is 2. The summed E-state index contributed by atoms with van der Waals surface area (Å²) >= 11 is 0. The molecule has 8 atom stereocenters. The van der Waals surface area contributed by atoms with E-state index in [1.807, 2.05) is 6.92 Å². The van der Waals surface area contributed by atoms with Crippen LogP contribution in [0.25, 0.3) is 17.7 Å². The number of aromatic nitrogens is 2. The average molecular weight is 823 g/mol. The molecule has 0 amide bonds. The van der Waals surface area contributed by atoms with Crippen molar-refractivity contribution < 1.29 is 24.2 Å². The lowest BCUT2D eigenvalue weighted by Crippen LogP contribution is -2.31. The Bertz CT molecular complexity index is 2160. The minimum Gasteiger partial charge on any atom is -0.466 e. The van der Waals surface area contributed by atoms with E-state index in [0.29, 0.717) is 23.5 Å². The maximum atomic E-state index is 13.6. The van der Waals surface area contributed by atoms with E-state index in [1.54, 1.807) is 0 Å². The molecule has 2 aromatic heterocycles. The number of H-pyrrole nitrogens is 2. The molecule has 6 rings (SSSR count). The number of aliphatic hydroxyl groups is 1. The molecule has 0 radical (unpaired) electrons. The van der Waals surface area contributed by atoms with Crippen molar-refractivity contribution in [3.05, 3.63) is 84.6 Å². The summed E-state index contributed by atoms with van der Waals surface area (Å²) in [6.07, 6.45) is 18.9. The third kappa shape index (κ3) is 9.31. The predicted molar refractivity (Wildman–Crippen MR) is 243 cm³/mol. The fourth-order valence-electron chi connectivity index (χ4n) is 10.5. The fourth-order valence-corrected chi connectivity index (χ4v) is 10.5. The van der Waals surface area contributed by atoms with E-state index < -0.39 is 12.1 Å². The SMILES string of the molecule is CCc1c(C)/c2[nH]/c1=C\c1[nH]c3c(c1C)[C@H](O)C(C(=O)OC)=C3C1N/C(=C\C3=C(C)[C@@H](CC)C(\C=2)N3)[C@@H](C)[C@@H]1CCC(=O)OC/C=C(/C)CCC[C@@H](C)CCC[C@H](C)CC. The number of fused-ring (bicyclic) bond motifs is 8. The lowest BCUT2D eigenvalue weighted by Gasteiger charge is -2.24. The Kier molecular flexibility index (Phi) is 14.8. The van der Waals surface area contributed by atoms with Gasteiger partial charge in [0.1, 0.15) is 12.7 Å². The molecule has 1 aliphatic carbocycles. The van der Waals surface area contributed by atoms with Gasteiger partial charge in [0.2, 0.25) is 0 Å². The number of rotatable bonds is 17. The molecule has 1 saturated heterocycles. The Hall–Kier alpha value is -4.24. The molecule has 0 saturated carbocycles. The number of hydrogen-bond donors (Lipinski definition) is 5. The first kappa shape index (κ1) is 45.3. The highest BCUT2D eigenvalue weighted by atomic mass is 16.5. The number of esters is 2. The molecule has 9 heteroatoms. The van der Waals surface area contributed by atoms with Crippen LogP contribution in [0.2, 0.25) is 0 Å². The van der Waals surface area contributed by atoms with Crippen LogP contribution in [0.15, 0.2) is 40.3 Å². The van der Waals surface area contributed by atoms with Gasteiger partial charge in [-0.2, -0.15) is 0 Å². The molecule has 1 fully saturated rings. The summed E-state index contributed by atoms with van der Waals surface area (Å²) in [4.78, 5) is 34.5. The van der Waals surface area contributed by atoms with Crippen molar-refractivity contribution in [3.63, 3.8) is 0 Å². The average Bonchev–Trinajstić information content (AvgIpc) is 3.97. The van der Waals surface area contributed by atoms with E-state index in [2.05, 4.69) is 107 Å². The Morgan fingerprint density at radius 1 is 0.933 bits per heavy atom. The van der Waals surface area contributed by atoms with Crippen molar-refractivity contribution in [1.82, 2.24) is 20.6 Å². The van der Waals surface area contributed by atoms with Crippen LogP contribution in [0.4, 0.5) is 0 Å². The molecule has 3 aliphatic heterocycles. The zero-order valence-corrected chi connectivity index (χ0v) is 38.5. The van der Waals surface area contributed by atoms with Gasteiger partial charge in [0.25, 0.3) is 0 Å². The topological polar surface area (TPSA) is 128 Å². The number of aliphatic hydroxyl groups excluding tert-OH is 1. The molecule has 0 aromatic carbocycles. The molecule has 2 unspecified atom stereocenters. The molecular formula is C51H74N4O5. The van der Waals surface area contributed by atoms with Gasteiger partial charge < -0.3 is 35.2 Å². The van der Waals surface area contributed by atoms with Gasteiger partial charge in [-0.3, -0.25) is 4.79 Å². The van der Waals surface area contributed by atoms with Gasteiger partial charge in [0.05, 0.1) is 30.5 Å². The predicted octanol–water partition coefficient (Wildman–Crippen LogP) is 8.79. The maximum absolute atomic E-state index is 13.6. The largest absolute Gasteiger partial charge is 0.466 e. The van der Waals surface area contributed by atoms with Crippen molar-refractivity contribution in [2.45, 2.75) is 158 Å². The van der Waals surface area contributed by atoms with Crippen molar-refractivity contribution in [2.24, 2.45) is 29.6 Å². The first-order valence-corrected chi connectivity index (χ1v) is 23.1. The molecule has 4 aliphatic rings. The third-order valence-electron chi connectivity index (χ3n) is 14.7. The summed E-state index contributed by atoms with van der Waals surface area (Å²) in [6, 6.07) is -0.256. The normalized spacial score (nSPS) is 26.4. The Morgan fingerprint density at radius 3 is 2.37 bits per heavy atom. The van der Waals surface area contributed by atoms with Gasteiger partial charge in [-0.25, -0.2) is 4.79 Å². The summed E-state index contributed by atoms with van der Waals surface area (Å²) in [6.45, 7) is 22.5. The van der Waals surface area contributed by atoms with Crippen molar-refractivity contribution in [3.8, 4) is 0 Å². The number of hydrogen-bond acceptors (Lipinski definition) is 7. The van der Waals surface area contributed by atoms with Crippen LogP contribution in [-0.4, -0.2) is 52.8 Å². The van der Waals surface area contributed by atoms with Crippen LogP contribution in [0.1, 0.15) is 159 Å². The van der Waals surface area contributed by atoms with Gasteiger partial charge >= 0.3 is 11.9 Å². The summed E-state index contributed by atoms with van der Waals surface area (Å²) in [7, 11) is 1.36. The summed E-state index contributed by atoms with van der Waals surface area (Å²) in [5.41, 5.74) is 11.4. The van der Waals surface area contributed by atoms with E-state index in [9.17, 15) is 14.7 Å². The Labute approximate surface area is 359 Å². The summed E-state index contributed by atoms with van der Waals surface area (Å²) in [5, 5.41) is 21.9. The highest BCUT2D eigenvalue weighted by Crippen LogP contribution is 2.50. The lowest BCUT2D eigenvalue weighted by atomic mass is 9.82. The highest BCUT2D eigenvalue weighted by Gasteiger charge is 2.47. The molecule has 5 heterocycles. The number of ether oxygens (including phenoxy) is 2. The molecule has 2 aromatic rings. The van der Waals surface area contributed by atoms with Gasteiger partial charge in [-0.1, -0.05) is 79.2 Å². The van der Waals surface area contributed by atoms with Crippen LogP contribution in [-0.2, 0) is 25.5 Å². The van der Waals surface area contributed by atoms with E-state index in [-0.39, 0.29) is 48.5 Å². The van der Waals surface area contributed by atoms with Crippen LogP contribution in [0, 0.1) is 43.4 Å². The number of allylic oxidation sites excluding steroid dienone is 3. The summed E-state index contributed by atoms with van der Waals surface area (Å²) < 4.78 is 11.2. The van der Waals surface area contributed by atoms with Gasteiger partial charge in [-0.05, 0) is 124 Å². The van der Waals surface area contributed by atoms with Crippen LogP contribution < -0.4 is 21.3 Å². The Balaban J connectivity index is 1.27. The summed E-state index contributed by atoms with van der Waals surface area (Å²) in [5.74, 6) is 1.03. The number of methoxy groups -OCH3 is 1. The first-order chi connectivity index (χ1) is 28.7. The van der Waals surface area contributed by atoms with Crippen molar-refractivity contribution in [1.29, 1.82) is 0 Å². The molecule has 60 heavy (non-hydrogen) atoms. The molecule has 0 spiro atoms. The van der Waals surface area contributed by atoms with Crippen LogP contribution in [0.3, 0.4) is 0 Å². The smallest absolute Gasteiger partial charge is 0.337 e. The second-order valence-electron chi connectivity index (χ2n) is 18.6. The Morgan fingerprint density at radius 2 is 1.67 bits per heavy atom. The number of nitrogens with one attached hydrogen (secondary N) is 4. The standard InChI is InChI=1S/C51H74N4O5/c1-12-28(4)17-15-18-29(5)19-16-20-30(6)23-24-60-44(56)22-21-37-33(9)40-25-38-31(7)35(13-2)42(52-38)26-39-32(8)36(14-3)43(53-39)27-41-34(10)45-49(55-41)46(48(37)54-40)47(50(45)57)51(58)59-11/h23,25-29,33,35,37,42,48,50,52-55,57H,12-22,24H2,1-11H3/b30-23-,39-26-,40-25-,43-27-/t28-,29+,33+,35-,37+,42?,48?,50+/m1/s1. The molecule has 5 N–H and O–H groups in total. The maximum Gasteiger partial charge on any atom is 0.337 e. The second kappa shape index (κ2) is 19.6. The molecule has 328 valence electrons. The van der Waals surface area contributed by atoms with Crippen molar-refractivity contribution in [2.75, 3.05) is 13.7 Å². The zero-order chi connectivity index (χ0) is 43.4. The quantitative estimate of drug-likeness (QED) is 0.0798. The van der Waals surface area contributed by atoms with Crippen molar-refractivity contribution >= 4 is 29.7 Å². The van der Waals surface area contributed by atoms with E-state index in [1.165, 1.54) is 61.5 Å². The minimum absolute atomic E-state index is 0.0119. The van der Waals surface area contributed by atoms with Crippen LogP contribution in [0.5, 0.6) is 0 Å². The van der Waals surface area contributed by atoms with Crippen LogP contribution >= 0.6 is 0 Å². The van der Waals surface area contributed by atoms with E-state index in [0.717, 1.165) is 76.6 Å². The third-order valence-corrected chi connectivity index (χ3v) is 14.7. The highest BCUT2D eigenvalue weighted by molar-refractivity contribution is 6.03. The number of carbonyl (C=O) groups excluding carboxylic acids is 2. The first-order valence-electron chi connectivity index (χ1n) is 23.1.